The first kappa shape index (κ1) is 16.6. The van der Waals surface area contributed by atoms with E-state index in [0.717, 1.165) is 47.0 Å². The number of nitrogens with zero attached hydrogens (tertiary/aromatic N) is 4. The van der Waals surface area contributed by atoms with E-state index in [1.165, 1.54) is 25.7 Å². The van der Waals surface area contributed by atoms with E-state index in [-0.39, 0.29) is 0 Å². The first-order valence-electron chi connectivity index (χ1n) is 8.83. The van der Waals surface area contributed by atoms with Gasteiger partial charge in [-0.15, -0.1) is 10.2 Å². The number of hydrogen-bond acceptors (Lipinski definition) is 6. The maximum absolute atomic E-state index is 5.49. The zero-order valence-electron chi connectivity index (χ0n) is 14.8. The van der Waals surface area contributed by atoms with Crippen molar-refractivity contribution < 1.29 is 9.47 Å². The molecule has 1 saturated heterocycles. The maximum Gasteiger partial charge on any atom is 0.228 e. The van der Waals surface area contributed by atoms with Crippen LogP contribution in [-0.4, -0.2) is 42.1 Å². The number of thioether (sulfide) groups is 1. The molecule has 0 spiro atoms. The molecule has 0 radical (unpaired) electrons. The lowest BCUT2D eigenvalue weighted by atomic mass is 10.2. The Bertz CT molecular complexity index is 739. The number of ether oxygens (including phenoxy) is 2. The van der Waals surface area contributed by atoms with Crippen molar-refractivity contribution in [3.05, 3.63) is 23.8 Å². The Labute approximate surface area is 152 Å². The van der Waals surface area contributed by atoms with Gasteiger partial charge in [0.05, 0.1) is 14.2 Å². The lowest BCUT2D eigenvalue weighted by Crippen LogP contribution is -2.22. The third-order valence-corrected chi connectivity index (χ3v) is 5.78. The van der Waals surface area contributed by atoms with E-state index in [1.807, 2.05) is 18.2 Å². The van der Waals surface area contributed by atoms with Gasteiger partial charge in [0, 0.05) is 30.4 Å². The highest BCUT2D eigenvalue weighted by Crippen LogP contribution is 2.42. The van der Waals surface area contributed by atoms with E-state index in [4.69, 9.17) is 9.47 Å². The molecule has 2 aromatic rings. The van der Waals surface area contributed by atoms with Crippen LogP contribution in [0, 0.1) is 0 Å². The highest BCUT2D eigenvalue weighted by atomic mass is 32.2. The smallest absolute Gasteiger partial charge is 0.228 e. The van der Waals surface area contributed by atoms with E-state index in [9.17, 15) is 0 Å². The first-order chi connectivity index (χ1) is 12.3. The topological polar surface area (TPSA) is 52.4 Å². The molecule has 2 heterocycles. The predicted molar refractivity (Wildman–Crippen MR) is 98.8 cm³/mol. The Morgan fingerprint density at radius 2 is 1.92 bits per heavy atom. The van der Waals surface area contributed by atoms with Gasteiger partial charge in [-0.25, -0.2) is 0 Å². The molecule has 0 N–H and O–H groups in total. The van der Waals surface area contributed by atoms with Crippen LogP contribution >= 0.6 is 11.8 Å². The number of methoxy groups -OCH3 is 2. The van der Waals surface area contributed by atoms with E-state index >= 15 is 0 Å². The fraction of sp³-hybridized carbons (Fsp3) is 0.556. The van der Waals surface area contributed by atoms with Crippen LogP contribution in [0.1, 0.15) is 37.3 Å². The molecule has 134 valence electrons. The molecule has 1 aliphatic heterocycles. The molecule has 0 amide bonds. The van der Waals surface area contributed by atoms with Gasteiger partial charge in [0.25, 0.3) is 0 Å². The van der Waals surface area contributed by atoms with Crippen LogP contribution in [-0.2, 0) is 5.75 Å². The Kier molecular flexibility index (Phi) is 4.74. The largest absolute Gasteiger partial charge is 0.497 e. The predicted octanol–water partition coefficient (Wildman–Crippen LogP) is 3.52. The van der Waals surface area contributed by atoms with Crippen molar-refractivity contribution in [2.45, 2.75) is 42.6 Å². The summed E-state index contributed by atoms with van der Waals surface area (Å²) in [6.07, 6.45) is 4.96. The quantitative estimate of drug-likeness (QED) is 0.704. The van der Waals surface area contributed by atoms with Crippen molar-refractivity contribution in [3.63, 3.8) is 0 Å². The average Bonchev–Trinajstić information content (AvgIpc) is 3.17. The van der Waals surface area contributed by atoms with Crippen molar-refractivity contribution in [1.82, 2.24) is 14.8 Å². The average molecular weight is 360 g/mol. The summed E-state index contributed by atoms with van der Waals surface area (Å²) < 4.78 is 13.2. The summed E-state index contributed by atoms with van der Waals surface area (Å²) in [7, 11) is 3.39. The van der Waals surface area contributed by atoms with Crippen LogP contribution < -0.4 is 14.4 Å². The van der Waals surface area contributed by atoms with Crippen molar-refractivity contribution in [2.75, 3.05) is 32.2 Å². The fourth-order valence-electron chi connectivity index (χ4n) is 3.29. The molecule has 0 unspecified atom stereocenters. The third-order valence-electron chi connectivity index (χ3n) is 4.79. The number of rotatable bonds is 7. The van der Waals surface area contributed by atoms with Gasteiger partial charge in [0.2, 0.25) is 5.95 Å². The van der Waals surface area contributed by atoms with Crippen molar-refractivity contribution in [3.8, 4) is 11.5 Å². The summed E-state index contributed by atoms with van der Waals surface area (Å²) in [5.41, 5.74) is 1.11. The summed E-state index contributed by atoms with van der Waals surface area (Å²) in [5.74, 6) is 3.56. The maximum atomic E-state index is 5.49. The van der Waals surface area contributed by atoms with Gasteiger partial charge < -0.3 is 14.4 Å². The molecule has 1 aliphatic carbocycles. The second-order valence-corrected chi connectivity index (χ2v) is 7.49. The second-order valence-electron chi connectivity index (χ2n) is 6.54. The minimum atomic E-state index is 0.570. The van der Waals surface area contributed by atoms with Gasteiger partial charge in [-0.05, 0) is 43.9 Å². The van der Waals surface area contributed by atoms with Crippen LogP contribution in [0.5, 0.6) is 11.5 Å². The Hall–Kier alpha value is -1.89. The minimum Gasteiger partial charge on any atom is -0.497 e. The molecule has 0 bridgehead atoms. The van der Waals surface area contributed by atoms with Gasteiger partial charge in [-0.3, -0.25) is 4.57 Å². The van der Waals surface area contributed by atoms with E-state index in [0.29, 0.717) is 6.04 Å². The zero-order valence-corrected chi connectivity index (χ0v) is 15.6. The molecule has 2 aliphatic rings. The summed E-state index contributed by atoms with van der Waals surface area (Å²) in [4.78, 5) is 2.38. The molecule has 4 rings (SSSR count). The van der Waals surface area contributed by atoms with E-state index < -0.39 is 0 Å². The molecule has 2 fully saturated rings. The van der Waals surface area contributed by atoms with E-state index in [2.05, 4.69) is 19.7 Å². The van der Waals surface area contributed by atoms with Crippen LogP contribution in [0.15, 0.2) is 23.4 Å². The summed E-state index contributed by atoms with van der Waals surface area (Å²) in [6.45, 7) is 2.19. The molecular formula is C18H24N4O2S. The SMILES string of the molecule is COc1ccc(OC)c(CSc2nnc(N3CCCC3)n2C2CC2)c1. The molecular weight excluding hydrogens is 336 g/mol. The highest BCUT2D eigenvalue weighted by Gasteiger charge is 2.32. The molecule has 25 heavy (non-hydrogen) atoms. The lowest BCUT2D eigenvalue weighted by molar-refractivity contribution is 0.400. The summed E-state index contributed by atoms with van der Waals surface area (Å²) in [5, 5.41) is 10.0. The van der Waals surface area contributed by atoms with Crippen molar-refractivity contribution in [2.24, 2.45) is 0 Å². The van der Waals surface area contributed by atoms with Crippen molar-refractivity contribution in [1.29, 1.82) is 0 Å². The number of aromatic nitrogens is 3. The molecule has 1 aromatic carbocycles. The van der Waals surface area contributed by atoms with Crippen molar-refractivity contribution >= 4 is 17.7 Å². The van der Waals surface area contributed by atoms with Gasteiger partial charge in [0.15, 0.2) is 5.16 Å². The molecule has 7 heteroatoms. The normalized spacial score (nSPS) is 17.1. The number of benzene rings is 1. The van der Waals surface area contributed by atoms with Gasteiger partial charge in [-0.2, -0.15) is 0 Å². The molecule has 0 atom stereocenters. The van der Waals surface area contributed by atoms with Crippen LogP contribution in [0.2, 0.25) is 0 Å². The minimum absolute atomic E-state index is 0.570. The van der Waals surface area contributed by atoms with E-state index in [1.54, 1.807) is 26.0 Å². The fourth-order valence-corrected chi connectivity index (χ4v) is 4.27. The zero-order chi connectivity index (χ0) is 17.2. The second kappa shape index (κ2) is 7.15. The van der Waals surface area contributed by atoms with Gasteiger partial charge >= 0.3 is 0 Å². The number of hydrogen-bond donors (Lipinski definition) is 0. The summed E-state index contributed by atoms with van der Waals surface area (Å²) >= 11 is 1.72. The van der Waals surface area contributed by atoms with Gasteiger partial charge in [0.1, 0.15) is 11.5 Å². The molecule has 6 nitrogen and oxygen atoms in total. The summed E-state index contributed by atoms with van der Waals surface area (Å²) in [6, 6.07) is 6.48. The Morgan fingerprint density at radius 3 is 2.60 bits per heavy atom. The first-order valence-corrected chi connectivity index (χ1v) is 9.82. The molecule has 1 saturated carbocycles. The van der Waals surface area contributed by atoms with Gasteiger partial charge in [-0.1, -0.05) is 11.8 Å². The van der Waals surface area contributed by atoms with Crippen LogP contribution in [0.25, 0.3) is 0 Å². The lowest BCUT2D eigenvalue weighted by Gasteiger charge is -2.18. The highest BCUT2D eigenvalue weighted by molar-refractivity contribution is 7.98. The third kappa shape index (κ3) is 3.42. The Morgan fingerprint density at radius 1 is 1.12 bits per heavy atom. The Balaban J connectivity index is 1.55. The number of anilines is 1. The van der Waals surface area contributed by atoms with Crippen LogP contribution in [0.3, 0.4) is 0 Å². The standard InChI is InChI=1S/C18H24N4O2S/c1-23-15-7-8-16(24-2)13(11-15)12-25-18-20-19-17(21-9-3-4-10-21)22(18)14-5-6-14/h7-8,11,14H,3-6,9-10,12H2,1-2H3. The monoisotopic (exact) mass is 360 g/mol. The van der Waals surface area contributed by atoms with Crippen LogP contribution in [0.4, 0.5) is 5.95 Å². The molecule has 1 aromatic heterocycles.